The Kier molecular flexibility index (Phi) is 7.70. The highest BCUT2D eigenvalue weighted by molar-refractivity contribution is 6.36. The van der Waals surface area contributed by atoms with Gasteiger partial charge >= 0.3 is 17.9 Å². The smallest absolute Gasteiger partial charge is 0.354 e. The van der Waals surface area contributed by atoms with Crippen LogP contribution in [-0.4, -0.2) is 40.4 Å². The van der Waals surface area contributed by atoms with E-state index in [2.05, 4.69) is 10.5 Å². The van der Waals surface area contributed by atoms with E-state index in [1.807, 2.05) is 0 Å². The second-order valence-corrected chi connectivity index (χ2v) is 5.05. The summed E-state index contributed by atoms with van der Waals surface area (Å²) in [6.07, 6.45) is 0.218. The van der Waals surface area contributed by atoms with Gasteiger partial charge in [0.2, 0.25) is 0 Å². The van der Waals surface area contributed by atoms with E-state index in [9.17, 15) is 14.4 Å². The third-order valence-electron chi connectivity index (χ3n) is 2.83. The number of aromatic carboxylic acids is 1. The highest BCUT2D eigenvalue weighted by Gasteiger charge is 2.14. The number of benzene rings is 1. The number of carbonyl (C=O) groups excluding carboxylic acids is 1. The van der Waals surface area contributed by atoms with E-state index in [-0.39, 0.29) is 42.2 Å². The molecule has 3 N–H and O–H groups in total. The number of carbonyl (C=O) groups is 3. The molecule has 130 valence electrons. The molecule has 0 bridgehead atoms. The fourth-order valence-electron chi connectivity index (χ4n) is 1.72. The molecule has 0 saturated carbocycles. The fraction of sp³-hybridized carbons (Fsp3) is 0.333. The van der Waals surface area contributed by atoms with Crippen molar-refractivity contribution in [1.29, 1.82) is 0 Å². The number of hydrazone groups is 1. The molecule has 0 radical (unpaired) electrons. The van der Waals surface area contributed by atoms with Gasteiger partial charge in [0, 0.05) is 6.42 Å². The van der Waals surface area contributed by atoms with Crippen molar-refractivity contribution in [2.24, 2.45) is 5.10 Å². The first-order valence-corrected chi connectivity index (χ1v) is 7.47. The quantitative estimate of drug-likeness (QED) is 0.352. The number of nitrogens with one attached hydrogen (secondary N) is 1. The highest BCUT2D eigenvalue weighted by atomic mass is 35.5. The Morgan fingerprint density at radius 3 is 2.54 bits per heavy atom. The molecular weight excluding hydrogens is 340 g/mol. The van der Waals surface area contributed by atoms with Gasteiger partial charge < -0.3 is 14.9 Å². The van der Waals surface area contributed by atoms with Gasteiger partial charge in [-0.1, -0.05) is 11.6 Å². The number of hydrogen-bond donors (Lipinski definition) is 3. The number of hydrogen-bond acceptors (Lipinski definition) is 6. The van der Waals surface area contributed by atoms with Crippen LogP contribution in [0.2, 0.25) is 5.02 Å². The van der Waals surface area contributed by atoms with E-state index < -0.39 is 17.9 Å². The normalized spacial score (nSPS) is 11.0. The Morgan fingerprint density at radius 2 is 1.96 bits per heavy atom. The molecular formula is C15H17ClN2O6. The summed E-state index contributed by atoms with van der Waals surface area (Å²) in [4.78, 5) is 33.4. The Balaban J connectivity index is 2.89. The molecule has 0 fully saturated rings. The van der Waals surface area contributed by atoms with Crippen molar-refractivity contribution >= 4 is 40.9 Å². The average Bonchev–Trinajstić information content (AvgIpc) is 2.51. The predicted molar refractivity (Wildman–Crippen MR) is 87.6 cm³/mol. The third-order valence-corrected chi connectivity index (χ3v) is 3.16. The molecule has 9 heteroatoms. The van der Waals surface area contributed by atoms with Crippen LogP contribution in [0, 0.1) is 0 Å². The van der Waals surface area contributed by atoms with Gasteiger partial charge in [-0.25, -0.2) is 9.59 Å². The van der Waals surface area contributed by atoms with Crippen molar-refractivity contribution in [3.8, 4) is 0 Å². The van der Waals surface area contributed by atoms with Crippen molar-refractivity contribution < 1.29 is 29.3 Å². The van der Waals surface area contributed by atoms with Crippen LogP contribution < -0.4 is 5.43 Å². The standard InChI is InChI=1S/C15H17ClN2O6/c1-2-24-15(23)12(4-3-5-13(19)20)18-17-9-6-7-11(16)10(8-9)14(21)22/h6-8,17H,2-5H2,1H3,(H,19,20)(H,21,22)/b18-12-. The van der Waals surface area contributed by atoms with Crippen LogP contribution in [0.3, 0.4) is 0 Å². The zero-order valence-electron chi connectivity index (χ0n) is 12.9. The van der Waals surface area contributed by atoms with Gasteiger partial charge in [0.1, 0.15) is 5.71 Å². The van der Waals surface area contributed by atoms with Crippen LogP contribution in [0.25, 0.3) is 0 Å². The molecule has 0 aliphatic rings. The predicted octanol–water partition coefficient (Wildman–Crippen LogP) is 2.62. The Morgan fingerprint density at radius 1 is 1.25 bits per heavy atom. The van der Waals surface area contributed by atoms with E-state index in [1.165, 1.54) is 18.2 Å². The molecule has 8 nitrogen and oxygen atoms in total. The zero-order valence-corrected chi connectivity index (χ0v) is 13.7. The second-order valence-electron chi connectivity index (χ2n) is 4.64. The lowest BCUT2D eigenvalue weighted by molar-refractivity contribution is -0.137. The van der Waals surface area contributed by atoms with Crippen molar-refractivity contribution in [1.82, 2.24) is 0 Å². The maximum Gasteiger partial charge on any atom is 0.354 e. The number of nitrogens with zero attached hydrogens (tertiary/aromatic N) is 1. The topological polar surface area (TPSA) is 125 Å². The summed E-state index contributed by atoms with van der Waals surface area (Å²) >= 11 is 5.77. The Bertz CT molecular complexity index is 659. The van der Waals surface area contributed by atoms with Crippen molar-refractivity contribution in [3.05, 3.63) is 28.8 Å². The average molecular weight is 357 g/mol. The number of anilines is 1. The van der Waals surface area contributed by atoms with Gasteiger partial charge in [-0.2, -0.15) is 5.10 Å². The summed E-state index contributed by atoms with van der Waals surface area (Å²) < 4.78 is 4.86. The first-order chi connectivity index (χ1) is 11.3. The van der Waals surface area contributed by atoms with E-state index in [4.69, 9.17) is 26.6 Å². The molecule has 0 spiro atoms. The molecule has 0 aliphatic heterocycles. The molecule has 1 aromatic carbocycles. The van der Waals surface area contributed by atoms with Gasteiger partial charge in [0.05, 0.1) is 22.9 Å². The fourth-order valence-corrected chi connectivity index (χ4v) is 1.91. The van der Waals surface area contributed by atoms with Crippen LogP contribution in [-0.2, 0) is 14.3 Å². The number of carboxylic acids is 2. The number of halogens is 1. The summed E-state index contributed by atoms with van der Waals surface area (Å²) in [7, 11) is 0. The maximum atomic E-state index is 11.8. The summed E-state index contributed by atoms with van der Waals surface area (Å²) in [5, 5.41) is 21.6. The minimum Gasteiger partial charge on any atom is -0.481 e. The van der Waals surface area contributed by atoms with Gasteiger partial charge in [-0.3, -0.25) is 10.2 Å². The number of carboxylic acid groups (broad SMARTS) is 2. The van der Waals surface area contributed by atoms with Crippen molar-refractivity contribution in [2.75, 3.05) is 12.0 Å². The third kappa shape index (κ3) is 6.25. The van der Waals surface area contributed by atoms with Crippen molar-refractivity contribution in [2.45, 2.75) is 26.2 Å². The van der Waals surface area contributed by atoms with E-state index >= 15 is 0 Å². The minimum atomic E-state index is -1.19. The van der Waals surface area contributed by atoms with Gasteiger partial charge in [-0.05, 0) is 38.0 Å². The lowest BCUT2D eigenvalue weighted by Crippen LogP contribution is -2.19. The molecule has 1 aromatic rings. The van der Waals surface area contributed by atoms with E-state index in [1.54, 1.807) is 6.92 Å². The lowest BCUT2D eigenvalue weighted by Gasteiger charge is -2.08. The SMILES string of the molecule is CCOC(=O)/C(CCCC(=O)O)=N\Nc1ccc(Cl)c(C(=O)O)c1. The number of rotatable bonds is 9. The van der Waals surface area contributed by atoms with Gasteiger partial charge in [0.25, 0.3) is 0 Å². The molecule has 1 rings (SSSR count). The summed E-state index contributed by atoms with van der Waals surface area (Å²) in [5.74, 6) is -2.84. The molecule has 0 saturated heterocycles. The van der Waals surface area contributed by atoms with Gasteiger partial charge in [0.15, 0.2) is 0 Å². The highest BCUT2D eigenvalue weighted by Crippen LogP contribution is 2.20. The van der Waals surface area contributed by atoms with E-state index in [0.717, 1.165) is 0 Å². The van der Waals surface area contributed by atoms with Crippen LogP contribution in [0.5, 0.6) is 0 Å². The lowest BCUT2D eigenvalue weighted by atomic mass is 10.1. The van der Waals surface area contributed by atoms with Crippen LogP contribution in [0.1, 0.15) is 36.5 Å². The number of ether oxygens (including phenoxy) is 1. The molecule has 24 heavy (non-hydrogen) atoms. The van der Waals surface area contributed by atoms with Crippen LogP contribution in [0.4, 0.5) is 5.69 Å². The molecule has 0 atom stereocenters. The number of esters is 1. The summed E-state index contributed by atoms with van der Waals surface area (Å²) in [6.45, 7) is 1.79. The molecule has 0 unspecified atom stereocenters. The van der Waals surface area contributed by atoms with Crippen LogP contribution in [0.15, 0.2) is 23.3 Å². The molecule has 0 heterocycles. The first-order valence-electron chi connectivity index (χ1n) is 7.09. The second kappa shape index (κ2) is 9.51. The number of aliphatic carboxylic acids is 1. The van der Waals surface area contributed by atoms with Crippen LogP contribution >= 0.6 is 11.6 Å². The first kappa shape index (κ1) is 19.4. The van der Waals surface area contributed by atoms with Gasteiger partial charge in [-0.15, -0.1) is 0 Å². The maximum absolute atomic E-state index is 11.8. The Hall–Kier alpha value is -2.61. The van der Waals surface area contributed by atoms with E-state index in [0.29, 0.717) is 5.69 Å². The largest absolute Gasteiger partial charge is 0.481 e. The molecule has 0 amide bonds. The summed E-state index contributed by atoms with van der Waals surface area (Å²) in [5.41, 5.74) is 2.79. The molecule has 0 aliphatic carbocycles. The summed E-state index contributed by atoms with van der Waals surface area (Å²) in [6, 6.07) is 4.16. The Labute approximate surface area is 143 Å². The van der Waals surface area contributed by atoms with Crippen molar-refractivity contribution in [3.63, 3.8) is 0 Å². The molecule has 0 aromatic heterocycles. The zero-order chi connectivity index (χ0) is 18.1. The monoisotopic (exact) mass is 356 g/mol. The minimum absolute atomic E-state index is 0.0184.